The molecule has 0 spiro atoms. The van der Waals surface area contributed by atoms with E-state index < -0.39 is 12.1 Å². The van der Waals surface area contributed by atoms with Gasteiger partial charge in [-0.3, -0.25) is 4.79 Å². The van der Waals surface area contributed by atoms with E-state index in [1.807, 2.05) is 30.3 Å². The zero-order chi connectivity index (χ0) is 12.7. The number of Topliss-reactive ketones (excluding diaryl/α,β-unsaturated/α-hetero) is 1. The number of alkyl halides is 1. The first-order valence-corrected chi connectivity index (χ1v) is 6.39. The third-order valence-corrected chi connectivity index (χ3v) is 3.34. The van der Waals surface area contributed by atoms with Gasteiger partial charge in [0.05, 0.1) is 11.9 Å². The molecule has 17 heavy (non-hydrogen) atoms. The summed E-state index contributed by atoms with van der Waals surface area (Å²) in [5.74, 6) is -0.289. The molecule has 1 atom stereocenters. The number of nitrogens with one attached hydrogen (secondary N) is 1. The van der Waals surface area contributed by atoms with Gasteiger partial charge in [0, 0.05) is 10.6 Å². The summed E-state index contributed by atoms with van der Waals surface area (Å²) in [7, 11) is 0. The summed E-state index contributed by atoms with van der Waals surface area (Å²) in [6.45, 7) is 0. The van der Waals surface area contributed by atoms with Gasteiger partial charge in [-0.15, -0.1) is 23.4 Å². The maximum Gasteiger partial charge on any atom is 0.170 e. The molecule has 0 aliphatic heterocycles. The molecule has 1 rings (SSSR count). The van der Waals surface area contributed by atoms with Crippen molar-refractivity contribution in [1.82, 2.24) is 5.32 Å². The van der Waals surface area contributed by atoms with Gasteiger partial charge in [0.2, 0.25) is 0 Å². The van der Waals surface area contributed by atoms with E-state index in [0.717, 1.165) is 4.90 Å². The molecule has 0 aromatic heterocycles. The van der Waals surface area contributed by atoms with Crippen molar-refractivity contribution in [2.24, 2.45) is 0 Å². The first-order chi connectivity index (χ1) is 8.13. The molecule has 1 aromatic rings. The Bertz CT molecular complexity index is 386. The number of carbonyl (C=O) groups excluding carboxylic acids is 2. The summed E-state index contributed by atoms with van der Waals surface area (Å²) in [5.41, 5.74) is 0. The van der Waals surface area contributed by atoms with Crippen LogP contribution in [-0.4, -0.2) is 29.6 Å². The van der Waals surface area contributed by atoms with E-state index >= 15 is 0 Å². The predicted octanol–water partition coefficient (Wildman–Crippen LogP) is 0.888. The first kappa shape index (κ1) is 13.9. The van der Waals surface area contributed by atoms with E-state index in [9.17, 15) is 14.7 Å². The van der Waals surface area contributed by atoms with E-state index in [1.165, 1.54) is 11.8 Å². The predicted molar refractivity (Wildman–Crippen MR) is 65.2 cm³/mol. The second-order valence-electron chi connectivity index (χ2n) is 3.21. The van der Waals surface area contributed by atoms with Crippen molar-refractivity contribution in [2.45, 2.75) is 10.9 Å². The Morgan fingerprint density at radius 1 is 1.35 bits per heavy atom. The molecule has 0 aliphatic carbocycles. The SMILES string of the molecule is O=C([O-])N[C@@H](CSc1ccccc1)C(=O)CCl. The van der Waals surface area contributed by atoms with Gasteiger partial charge in [0.25, 0.3) is 0 Å². The number of carbonyl (C=O) groups is 2. The average Bonchev–Trinajstić information content (AvgIpc) is 2.34. The summed E-state index contributed by atoms with van der Waals surface area (Å²) in [6.07, 6.45) is -1.47. The number of amides is 1. The van der Waals surface area contributed by atoms with Gasteiger partial charge >= 0.3 is 0 Å². The summed E-state index contributed by atoms with van der Waals surface area (Å²) in [6, 6.07) is 8.55. The van der Waals surface area contributed by atoms with Crippen molar-refractivity contribution < 1.29 is 14.7 Å². The summed E-state index contributed by atoms with van der Waals surface area (Å²) < 4.78 is 0. The van der Waals surface area contributed by atoms with E-state index in [4.69, 9.17) is 11.6 Å². The number of hydrogen-bond donors (Lipinski definition) is 1. The van der Waals surface area contributed by atoms with Crippen LogP contribution in [0.15, 0.2) is 35.2 Å². The first-order valence-electron chi connectivity index (χ1n) is 4.87. The average molecular weight is 273 g/mol. The van der Waals surface area contributed by atoms with Crippen LogP contribution in [0.4, 0.5) is 4.79 Å². The van der Waals surface area contributed by atoms with Crippen LogP contribution in [-0.2, 0) is 4.79 Å². The highest BCUT2D eigenvalue weighted by atomic mass is 35.5. The number of ketones is 1. The molecule has 0 bridgehead atoms. The minimum Gasteiger partial charge on any atom is -0.530 e. The molecule has 0 saturated heterocycles. The topological polar surface area (TPSA) is 69.2 Å². The molecule has 0 aliphatic rings. The lowest BCUT2D eigenvalue weighted by Crippen LogP contribution is -2.48. The second kappa shape index (κ2) is 7.19. The molecule has 92 valence electrons. The number of benzene rings is 1. The van der Waals surface area contributed by atoms with E-state index in [2.05, 4.69) is 5.32 Å². The molecule has 0 saturated carbocycles. The third-order valence-electron chi connectivity index (χ3n) is 1.97. The van der Waals surface area contributed by atoms with Crippen molar-refractivity contribution >= 4 is 35.2 Å². The van der Waals surface area contributed by atoms with Crippen LogP contribution >= 0.6 is 23.4 Å². The summed E-state index contributed by atoms with van der Waals surface area (Å²) >= 11 is 6.78. The normalized spacial score (nSPS) is 11.8. The highest BCUT2D eigenvalue weighted by Crippen LogP contribution is 2.18. The van der Waals surface area contributed by atoms with Crippen molar-refractivity contribution in [2.75, 3.05) is 11.6 Å². The van der Waals surface area contributed by atoms with Gasteiger partial charge in [-0.25, -0.2) is 0 Å². The molecular weight excluding hydrogens is 262 g/mol. The van der Waals surface area contributed by atoms with Gasteiger partial charge in [-0.1, -0.05) is 18.2 Å². The molecule has 6 heteroatoms. The number of carboxylic acid groups (broad SMARTS) is 1. The Morgan fingerprint density at radius 2 is 2.00 bits per heavy atom. The maximum absolute atomic E-state index is 11.4. The highest BCUT2D eigenvalue weighted by Gasteiger charge is 2.17. The Labute approximate surface area is 108 Å². The quantitative estimate of drug-likeness (QED) is 0.617. The fourth-order valence-corrected chi connectivity index (χ4v) is 2.31. The van der Waals surface area contributed by atoms with Gasteiger partial charge < -0.3 is 15.2 Å². The van der Waals surface area contributed by atoms with Gasteiger partial charge in [0.1, 0.15) is 6.09 Å². The fraction of sp³-hybridized carbons (Fsp3) is 0.273. The van der Waals surface area contributed by atoms with Crippen LogP contribution in [0.1, 0.15) is 0 Å². The highest BCUT2D eigenvalue weighted by molar-refractivity contribution is 7.99. The molecule has 0 unspecified atom stereocenters. The number of halogens is 1. The number of thioether (sulfide) groups is 1. The Morgan fingerprint density at radius 3 is 2.53 bits per heavy atom. The Kier molecular flexibility index (Phi) is 5.86. The Hall–Kier alpha value is -1.20. The molecule has 1 N–H and O–H groups in total. The molecule has 0 radical (unpaired) electrons. The standard InChI is InChI=1S/C11H12ClNO3S/c12-6-10(14)9(13-11(15)16)7-17-8-4-2-1-3-5-8/h1-5,9,13H,6-7H2,(H,15,16)/p-1/t9-/m0/s1. The van der Waals surface area contributed by atoms with Crippen LogP contribution < -0.4 is 10.4 Å². The second-order valence-corrected chi connectivity index (χ2v) is 4.57. The minimum atomic E-state index is -1.47. The smallest absolute Gasteiger partial charge is 0.170 e. The van der Waals surface area contributed by atoms with Crippen molar-refractivity contribution in [3.05, 3.63) is 30.3 Å². The fourth-order valence-electron chi connectivity index (χ4n) is 1.15. The van der Waals surface area contributed by atoms with Crippen LogP contribution in [0.2, 0.25) is 0 Å². The van der Waals surface area contributed by atoms with Crippen LogP contribution in [0, 0.1) is 0 Å². The van der Waals surface area contributed by atoms with E-state index in [-0.39, 0.29) is 11.7 Å². The van der Waals surface area contributed by atoms with Crippen molar-refractivity contribution in [1.29, 1.82) is 0 Å². The molecule has 0 heterocycles. The lowest BCUT2D eigenvalue weighted by atomic mass is 10.2. The lowest BCUT2D eigenvalue weighted by molar-refractivity contribution is -0.251. The van der Waals surface area contributed by atoms with Gasteiger partial charge in [0.15, 0.2) is 5.78 Å². The van der Waals surface area contributed by atoms with Gasteiger partial charge in [-0.2, -0.15) is 0 Å². The van der Waals surface area contributed by atoms with Crippen LogP contribution in [0.25, 0.3) is 0 Å². The molecule has 0 fully saturated rings. The molecule has 1 amide bonds. The largest absolute Gasteiger partial charge is 0.530 e. The minimum absolute atomic E-state index is 0.222. The Balaban J connectivity index is 2.55. The van der Waals surface area contributed by atoms with E-state index in [1.54, 1.807) is 0 Å². The number of rotatable bonds is 6. The van der Waals surface area contributed by atoms with Crippen molar-refractivity contribution in [3.63, 3.8) is 0 Å². The summed E-state index contributed by atoms with van der Waals surface area (Å²) in [4.78, 5) is 22.7. The summed E-state index contributed by atoms with van der Waals surface area (Å²) in [5, 5.41) is 12.5. The van der Waals surface area contributed by atoms with Crippen molar-refractivity contribution in [3.8, 4) is 0 Å². The molecule has 4 nitrogen and oxygen atoms in total. The maximum atomic E-state index is 11.4. The van der Waals surface area contributed by atoms with Crippen LogP contribution in [0.5, 0.6) is 0 Å². The van der Waals surface area contributed by atoms with E-state index in [0.29, 0.717) is 5.75 Å². The molecule has 1 aromatic carbocycles. The zero-order valence-corrected chi connectivity index (χ0v) is 10.5. The van der Waals surface area contributed by atoms with Gasteiger partial charge in [-0.05, 0) is 12.1 Å². The van der Waals surface area contributed by atoms with Crippen LogP contribution in [0.3, 0.4) is 0 Å². The monoisotopic (exact) mass is 272 g/mol. The number of hydrogen-bond acceptors (Lipinski definition) is 4. The lowest BCUT2D eigenvalue weighted by Gasteiger charge is -2.17. The molecular formula is C11H11ClNO3S-. The third kappa shape index (κ3) is 5.10. The zero-order valence-electron chi connectivity index (χ0n) is 8.89.